The number of ether oxygens (including phenoxy) is 1. The van der Waals surface area contributed by atoms with Gasteiger partial charge in [0.25, 0.3) is 0 Å². The molecule has 0 bridgehead atoms. The van der Waals surface area contributed by atoms with Crippen molar-refractivity contribution in [1.82, 2.24) is 0 Å². The average Bonchev–Trinajstić information content (AvgIpc) is 2.32. The summed E-state index contributed by atoms with van der Waals surface area (Å²) in [7, 11) is 1.30. The van der Waals surface area contributed by atoms with Crippen LogP contribution in [-0.4, -0.2) is 34.8 Å². The van der Waals surface area contributed by atoms with Gasteiger partial charge in [0.2, 0.25) is 0 Å². The van der Waals surface area contributed by atoms with Crippen molar-refractivity contribution < 1.29 is 14.6 Å². The summed E-state index contributed by atoms with van der Waals surface area (Å²) >= 11 is 1.60. The Bertz CT molecular complexity index is 171. The summed E-state index contributed by atoms with van der Waals surface area (Å²) in [5, 5.41) is 9.69. The zero-order valence-electron chi connectivity index (χ0n) is 6.66. The third-order valence-electron chi connectivity index (χ3n) is 2.06. The largest absolute Gasteiger partial charge is 0.467 e. The highest BCUT2D eigenvalue weighted by Gasteiger charge is 2.46. The van der Waals surface area contributed by atoms with E-state index in [0.717, 1.165) is 5.75 Å². The topological polar surface area (TPSA) is 46.5 Å². The second-order valence-corrected chi connectivity index (χ2v) is 4.13. The minimum absolute atomic E-state index is 0.0463. The molecule has 1 heterocycles. The Hall–Kier alpha value is -0.220. The van der Waals surface area contributed by atoms with E-state index in [2.05, 4.69) is 4.74 Å². The Morgan fingerprint density at radius 2 is 2.45 bits per heavy atom. The number of aliphatic hydroxyl groups is 1. The summed E-state index contributed by atoms with van der Waals surface area (Å²) in [4.78, 5) is 11.1. The molecule has 4 heteroatoms. The number of esters is 1. The Labute approximate surface area is 70.1 Å². The van der Waals surface area contributed by atoms with Gasteiger partial charge >= 0.3 is 5.97 Å². The number of hydrogen-bond acceptors (Lipinski definition) is 4. The van der Waals surface area contributed by atoms with Crippen LogP contribution in [0.3, 0.4) is 0 Å². The first-order chi connectivity index (χ1) is 5.11. The van der Waals surface area contributed by atoms with Gasteiger partial charge in [-0.2, -0.15) is 11.8 Å². The molecule has 1 saturated heterocycles. The molecule has 64 valence electrons. The predicted molar refractivity (Wildman–Crippen MR) is 43.5 cm³/mol. The molecule has 0 aliphatic carbocycles. The SMILES string of the molecule is COC(=O)C1(O)CCSC1C. The fraction of sp³-hybridized carbons (Fsp3) is 0.857. The van der Waals surface area contributed by atoms with Crippen LogP contribution < -0.4 is 0 Å². The normalized spacial score (nSPS) is 37.2. The molecular formula is C7H12O3S. The first kappa shape index (κ1) is 8.87. The monoisotopic (exact) mass is 176 g/mol. The Morgan fingerprint density at radius 1 is 1.82 bits per heavy atom. The Morgan fingerprint density at radius 3 is 2.82 bits per heavy atom. The first-order valence-electron chi connectivity index (χ1n) is 3.53. The molecule has 3 nitrogen and oxygen atoms in total. The summed E-state index contributed by atoms with van der Waals surface area (Å²) in [6.07, 6.45) is 0.505. The quantitative estimate of drug-likeness (QED) is 0.588. The number of hydrogen-bond donors (Lipinski definition) is 1. The molecule has 0 radical (unpaired) electrons. The van der Waals surface area contributed by atoms with Crippen LogP contribution in [0.5, 0.6) is 0 Å². The van der Waals surface area contributed by atoms with Gasteiger partial charge in [0.15, 0.2) is 5.60 Å². The predicted octanol–water partition coefficient (Wildman–Crippen LogP) is 0.416. The highest BCUT2D eigenvalue weighted by molar-refractivity contribution is 8.00. The van der Waals surface area contributed by atoms with Gasteiger partial charge in [-0.15, -0.1) is 0 Å². The number of carbonyl (C=O) groups excluding carboxylic acids is 1. The van der Waals surface area contributed by atoms with Gasteiger partial charge in [0.1, 0.15) is 0 Å². The van der Waals surface area contributed by atoms with Crippen LogP contribution >= 0.6 is 11.8 Å². The third-order valence-corrected chi connectivity index (χ3v) is 3.39. The van der Waals surface area contributed by atoms with Crippen molar-refractivity contribution in [3.8, 4) is 0 Å². The van der Waals surface area contributed by atoms with Crippen molar-refractivity contribution >= 4 is 17.7 Å². The molecule has 2 atom stereocenters. The van der Waals surface area contributed by atoms with Crippen LogP contribution in [-0.2, 0) is 9.53 Å². The lowest BCUT2D eigenvalue weighted by Crippen LogP contribution is -2.44. The van der Waals surface area contributed by atoms with Crippen molar-refractivity contribution in [2.45, 2.75) is 24.2 Å². The Kier molecular flexibility index (Phi) is 2.44. The number of rotatable bonds is 1. The third kappa shape index (κ3) is 1.37. The average molecular weight is 176 g/mol. The molecule has 0 saturated carbocycles. The molecule has 1 rings (SSSR count). The maximum atomic E-state index is 11.1. The van der Waals surface area contributed by atoms with Gasteiger partial charge in [0.05, 0.1) is 7.11 Å². The second-order valence-electron chi connectivity index (χ2n) is 2.68. The van der Waals surface area contributed by atoms with Crippen LogP contribution in [0.2, 0.25) is 0 Å². The van der Waals surface area contributed by atoms with Crippen LogP contribution in [0.15, 0.2) is 0 Å². The van der Waals surface area contributed by atoms with Crippen molar-refractivity contribution in [1.29, 1.82) is 0 Å². The van der Waals surface area contributed by atoms with Gasteiger partial charge in [-0.3, -0.25) is 0 Å². The zero-order valence-corrected chi connectivity index (χ0v) is 7.48. The number of thioether (sulfide) groups is 1. The molecule has 1 N–H and O–H groups in total. The van der Waals surface area contributed by atoms with E-state index in [1.807, 2.05) is 6.92 Å². The number of methoxy groups -OCH3 is 1. The lowest BCUT2D eigenvalue weighted by atomic mass is 9.98. The van der Waals surface area contributed by atoms with E-state index in [1.54, 1.807) is 11.8 Å². The van der Waals surface area contributed by atoms with E-state index in [9.17, 15) is 9.90 Å². The van der Waals surface area contributed by atoms with E-state index in [4.69, 9.17) is 0 Å². The lowest BCUT2D eigenvalue weighted by Gasteiger charge is -2.22. The van der Waals surface area contributed by atoms with E-state index >= 15 is 0 Å². The van der Waals surface area contributed by atoms with Crippen LogP contribution in [0.1, 0.15) is 13.3 Å². The molecule has 1 fully saturated rings. The van der Waals surface area contributed by atoms with Crippen LogP contribution in [0, 0.1) is 0 Å². The fourth-order valence-corrected chi connectivity index (χ4v) is 2.45. The molecule has 0 spiro atoms. The minimum atomic E-state index is -1.24. The molecule has 1 aliphatic heterocycles. The van der Waals surface area contributed by atoms with Gasteiger partial charge in [-0.05, 0) is 19.1 Å². The molecule has 0 amide bonds. The lowest BCUT2D eigenvalue weighted by molar-refractivity contribution is -0.161. The molecule has 0 aromatic carbocycles. The van der Waals surface area contributed by atoms with E-state index < -0.39 is 11.6 Å². The van der Waals surface area contributed by atoms with Crippen LogP contribution in [0.4, 0.5) is 0 Å². The summed E-state index contributed by atoms with van der Waals surface area (Å²) in [6.45, 7) is 1.84. The van der Waals surface area contributed by atoms with Crippen molar-refractivity contribution in [3.63, 3.8) is 0 Å². The van der Waals surface area contributed by atoms with Crippen molar-refractivity contribution in [2.24, 2.45) is 0 Å². The van der Waals surface area contributed by atoms with Crippen molar-refractivity contribution in [2.75, 3.05) is 12.9 Å². The fourth-order valence-electron chi connectivity index (χ4n) is 1.18. The van der Waals surface area contributed by atoms with Crippen LogP contribution in [0.25, 0.3) is 0 Å². The van der Waals surface area contributed by atoms with Gasteiger partial charge in [-0.25, -0.2) is 4.79 Å². The van der Waals surface area contributed by atoms with Gasteiger partial charge in [0, 0.05) is 5.25 Å². The first-order valence-corrected chi connectivity index (χ1v) is 4.58. The molecule has 11 heavy (non-hydrogen) atoms. The smallest absolute Gasteiger partial charge is 0.339 e. The molecule has 1 aliphatic rings. The van der Waals surface area contributed by atoms with E-state index in [0.29, 0.717) is 6.42 Å². The van der Waals surface area contributed by atoms with Gasteiger partial charge in [-0.1, -0.05) is 0 Å². The van der Waals surface area contributed by atoms with E-state index in [-0.39, 0.29) is 5.25 Å². The summed E-state index contributed by atoms with van der Waals surface area (Å²) in [5.74, 6) is 0.322. The molecule has 0 aromatic rings. The summed E-state index contributed by atoms with van der Waals surface area (Å²) in [5.41, 5.74) is -1.24. The standard InChI is InChI=1S/C7H12O3S/c1-5-7(9,3-4-11-5)6(8)10-2/h5,9H,3-4H2,1-2H3. The van der Waals surface area contributed by atoms with Gasteiger partial charge < -0.3 is 9.84 Å². The molecule has 0 aromatic heterocycles. The van der Waals surface area contributed by atoms with Crippen molar-refractivity contribution in [3.05, 3.63) is 0 Å². The number of carbonyl (C=O) groups is 1. The summed E-state index contributed by atoms with van der Waals surface area (Å²) < 4.78 is 4.51. The molecular weight excluding hydrogens is 164 g/mol. The minimum Gasteiger partial charge on any atom is -0.467 e. The summed E-state index contributed by atoms with van der Waals surface area (Å²) in [6, 6.07) is 0. The molecule has 2 unspecified atom stereocenters. The second kappa shape index (κ2) is 3.03. The highest BCUT2D eigenvalue weighted by atomic mass is 32.2. The maximum absolute atomic E-state index is 11.1. The Balaban J connectivity index is 2.72. The maximum Gasteiger partial charge on any atom is 0.339 e. The zero-order chi connectivity index (χ0) is 8.48. The highest BCUT2D eigenvalue weighted by Crippen LogP contribution is 2.36. The van der Waals surface area contributed by atoms with E-state index in [1.165, 1.54) is 7.11 Å².